The van der Waals surface area contributed by atoms with Gasteiger partial charge >= 0.3 is 0 Å². The van der Waals surface area contributed by atoms with Crippen LogP contribution in [0.1, 0.15) is 66.2 Å². The molecule has 23 nitrogen and oxygen atoms in total. The van der Waals surface area contributed by atoms with Crippen LogP contribution in [0.25, 0.3) is 101 Å². The van der Waals surface area contributed by atoms with E-state index in [1.54, 1.807) is 40.5 Å². The van der Waals surface area contributed by atoms with Crippen LogP contribution in [0.2, 0.25) is 0 Å². The molecule has 1 fully saturated rings. The topological polar surface area (TPSA) is 252 Å². The van der Waals surface area contributed by atoms with Crippen molar-refractivity contribution in [1.29, 1.82) is 0 Å². The molecular formula is C72H83F2N21O2. The molecule has 502 valence electrons. The van der Waals surface area contributed by atoms with E-state index >= 15 is 0 Å². The molecule has 3 aromatic carbocycles. The van der Waals surface area contributed by atoms with E-state index in [4.69, 9.17) is 15.0 Å². The molecule has 0 atom stereocenters. The van der Waals surface area contributed by atoms with E-state index in [-0.39, 0.29) is 18.8 Å². The highest BCUT2D eigenvalue weighted by atomic mass is 19.3. The summed E-state index contributed by atoms with van der Waals surface area (Å²) in [5.41, 5.74) is 12.8. The van der Waals surface area contributed by atoms with Crippen molar-refractivity contribution in [2.24, 2.45) is 48.2 Å². The third-order valence-electron chi connectivity index (χ3n) is 16.4. The van der Waals surface area contributed by atoms with Crippen molar-refractivity contribution in [3.63, 3.8) is 0 Å². The second kappa shape index (κ2) is 29.1. The summed E-state index contributed by atoms with van der Waals surface area (Å²) in [5.74, 6) is 1.46. The summed E-state index contributed by atoms with van der Waals surface area (Å²) in [6, 6.07) is 26.2. The molecule has 4 N–H and O–H groups in total. The Morgan fingerprint density at radius 3 is 1.23 bits per heavy atom. The second-order valence-electron chi connectivity index (χ2n) is 26.2. The monoisotopic (exact) mass is 1310 g/mol. The minimum Gasteiger partial charge on any atom is -0.390 e. The summed E-state index contributed by atoms with van der Waals surface area (Å²) >= 11 is 0. The number of anilines is 3. The van der Waals surface area contributed by atoms with Crippen LogP contribution >= 0.6 is 0 Å². The van der Waals surface area contributed by atoms with E-state index in [0.717, 1.165) is 108 Å². The van der Waals surface area contributed by atoms with Gasteiger partial charge in [0.1, 0.15) is 17.5 Å². The predicted molar refractivity (Wildman–Crippen MR) is 375 cm³/mol. The van der Waals surface area contributed by atoms with Crippen molar-refractivity contribution < 1.29 is 19.0 Å². The number of aryl methyl sites for hydroxylation is 6. The highest BCUT2D eigenvalue weighted by Gasteiger charge is 2.45. The van der Waals surface area contributed by atoms with E-state index in [0.29, 0.717) is 55.8 Å². The maximum atomic E-state index is 13.4. The first-order valence-corrected chi connectivity index (χ1v) is 32.2. The molecule has 0 aliphatic heterocycles. The molecule has 9 heterocycles. The van der Waals surface area contributed by atoms with Crippen LogP contribution in [0.3, 0.4) is 0 Å². The van der Waals surface area contributed by atoms with Gasteiger partial charge in [-0.1, -0.05) is 54.6 Å². The zero-order valence-corrected chi connectivity index (χ0v) is 56.7. The number of nitrogens with one attached hydrogen (secondary N) is 2. The van der Waals surface area contributed by atoms with Gasteiger partial charge in [0.05, 0.1) is 53.4 Å². The molecule has 97 heavy (non-hydrogen) atoms. The largest absolute Gasteiger partial charge is 0.390 e. The van der Waals surface area contributed by atoms with Crippen molar-refractivity contribution in [3.8, 4) is 101 Å². The molecule has 0 spiro atoms. The van der Waals surface area contributed by atoms with Gasteiger partial charge in [0.2, 0.25) is 5.92 Å². The van der Waals surface area contributed by atoms with Crippen LogP contribution in [0.15, 0.2) is 166 Å². The Kier molecular flexibility index (Phi) is 20.4. The first kappa shape index (κ1) is 67.7. The first-order chi connectivity index (χ1) is 46.3. The average molecular weight is 1310 g/mol. The van der Waals surface area contributed by atoms with Crippen molar-refractivity contribution in [3.05, 3.63) is 166 Å². The molecule has 12 aromatic rings. The summed E-state index contributed by atoms with van der Waals surface area (Å²) in [4.78, 5) is 30.5. The minimum atomic E-state index is -2.54. The number of alkyl halides is 2. The summed E-state index contributed by atoms with van der Waals surface area (Å²) in [6.45, 7) is 9.20. The number of nitrogens with zero attached hydrogens (tertiary/aromatic N) is 19. The lowest BCUT2D eigenvalue weighted by Gasteiger charge is -2.37. The SMILES string of the molecule is CN(CC1CC(F)(F)C1)c1nc(-c2cccc(-c3cnn(C)c3)c2)ncc1-c1cnn(C)c1.Cn1cc(-c2cccc(-c3ncc(-c4ccn(C)n4)c(NCCCC(C)(C)O)n3)c2)cn1.Cn1cc(-c2cccc(-c3ncc(-c4cnn(C)c4)c(NCCCC(C)(C)O)n3)c2)cn1. The van der Waals surface area contributed by atoms with E-state index in [9.17, 15) is 19.0 Å². The van der Waals surface area contributed by atoms with E-state index in [1.165, 1.54) is 0 Å². The Bertz CT molecular complexity index is 4420. The smallest absolute Gasteiger partial charge is 0.248 e. The Labute approximate surface area is 563 Å². The van der Waals surface area contributed by atoms with Crippen LogP contribution in [0.4, 0.5) is 26.2 Å². The van der Waals surface area contributed by atoms with Gasteiger partial charge in [-0.05, 0) is 100 Å². The van der Waals surface area contributed by atoms with E-state index in [1.807, 2.05) is 211 Å². The molecule has 1 aliphatic carbocycles. The molecule has 1 aliphatic rings. The molecule has 0 amide bonds. The van der Waals surface area contributed by atoms with Gasteiger partial charge in [0.25, 0.3) is 0 Å². The molecule has 0 radical (unpaired) electrons. The highest BCUT2D eigenvalue weighted by Crippen LogP contribution is 2.44. The van der Waals surface area contributed by atoms with E-state index < -0.39 is 17.1 Å². The second-order valence-corrected chi connectivity index (χ2v) is 26.2. The first-order valence-electron chi connectivity index (χ1n) is 32.2. The number of hydrogen-bond donors (Lipinski definition) is 4. The normalized spacial score (nSPS) is 12.9. The number of rotatable bonds is 22. The minimum absolute atomic E-state index is 0.0564. The number of benzene rings is 3. The lowest BCUT2D eigenvalue weighted by atomic mass is 9.81. The molecule has 9 aromatic heterocycles. The Morgan fingerprint density at radius 2 is 0.845 bits per heavy atom. The van der Waals surface area contributed by atoms with Crippen LogP contribution in [-0.4, -0.2) is 143 Å². The van der Waals surface area contributed by atoms with Crippen LogP contribution in [0, 0.1) is 5.92 Å². The molecule has 0 bridgehead atoms. The maximum Gasteiger partial charge on any atom is 0.248 e. The van der Waals surface area contributed by atoms with Gasteiger partial charge in [0, 0.05) is 193 Å². The van der Waals surface area contributed by atoms with Crippen molar-refractivity contribution in [2.75, 3.05) is 42.2 Å². The average Bonchev–Trinajstić information content (AvgIpc) is 1.05. The summed E-state index contributed by atoms with van der Waals surface area (Å²) in [6.07, 6.45) is 29.1. The van der Waals surface area contributed by atoms with Gasteiger partial charge in [-0.3, -0.25) is 28.1 Å². The number of aliphatic hydroxyl groups is 2. The Balaban J connectivity index is 0.000000148. The Morgan fingerprint density at radius 1 is 0.474 bits per heavy atom. The van der Waals surface area contributed by atoms with Crippen LogP contribution in [0.5, 0.6) is 0 Å². The summed E-state index contributed by atoms with van der Waals surface area (Å²) < 4.78 is 37.4. The van der Waals surface area contributed by atoms with Gasteiger partial charge in [-0.25, -0.2) is 38.7 Å². The van der Waals surface area contributed by atoms with Crippen LogP contribution in [-0.2, 0) is 42.3 Å². The zero-order chi connectivity index (χ0) is 68.6. The number of halogens is 2. The predicted octanol–water partition coefficient (Wildman–Crippen LogP) is 12.2. The molecular weight excluding hydrogens is 1230 g/mol. The van der Waals surface area contributed by atoms with Gasteiger partial charge in [-0.15, -0.1) is 0 Å². The summed E-state index contributed by atoms with van der Waals surface area (Å²) in [7, 11) is 13.2. The Hall–Kier alpha value is -10.7. The molecule has 13 rings (SSSR count). The van der Waals surface area contributed by atoms with Gasteiger partial charge in [0.15, 0.2) is 17.5 Å². The van der Waals surface area contributed by atoms with Crippen LogP contribution < -0.4 is 15.5 Å². The molecule has 0 saturated heterocycles. The van der Waals surface area contributed by atoms with Crippen molar-refractivity contribution >= 4 is 17.5 Å². The van der Waals surface area contributed by atoms with Crippen molar-refractivity contribution in [2.45, 2.75) is 83.3 Å². The van der Waals surface area contributed by atoms with Gasteiger partial charge in [-0.2, -0.15) is 30.6 Å². The molecule has 1 saturated carbocycles. The third-order valence-corrected chi connectivity index (χ3v) is 16.4. The highest BCUT2D eigenvalue weighted by molar-refractivity contribution is 5.80. The number of aromatic nitrogens is 18. The standard InChI is InChI=1S/C24H25F2N7.2C24H29N7O/c1-31(13-16-8-24(25,26)9-16)23-21(20-11-29-33(3)15-20)12-27-22(30-23)18-6-4-5-17(7-18)19-10-28-32(2)14-19;1-24(2,32)10-6-11-25-23-20(21-9-12-30(3)29-21)15-26-22(28-23)18-8-5-7-17(13-18)19-14-27-31(4)16-19;1-24(2,32)9-6-10-25-23-21(20-13-28-31(4)16-20)14-26-22(29-23)18-8-5-7-17(11-18)19-12-27-30(3)15-19/h4-7,10-12,14-16H,8-9,13H2,1-3H3;5,7-9,12-16,32H,6,10-11H2,1-4H3,(H,25,26,28);5,7-8,11-16,32H,6,9-10H2,1-4H3,(H,25,26,29). The zero-order valence-electron chi connectivity index (χ0n) is 56.7. The number of hydrogen-bond acceptors (Lipinski definition) is 17. The summed E-state index contributed by atoms with van der Waals surface area (Å²) in [5, 5.41) is 52.7. The lowest BCUT2D eigenvalue weighted by Crippen LogP contribution is -2.42. The third kappa shape index (κ3) is 17.8. The fourth-order valence-electron chi connectivity index (χ4n) is 11.5. The molecule has 0 unspecified atom stereocenters. The van der Waals surface area contributed by atoms with Crippen molar-refractivity contribution in [1.82, 2.24) is 88.6 Å². The lowest BCUT2D eigenvalue weighted by molar-refractivity contribution is -0.107. The fraction of sp³-hybridized carbons (Fsp3) is 0.333. The quantitative estimate of drug-likeness (QED) is 0.0460. The van der Waals surface area contributed by atoms with E-state index in [2.05, 4.69) is 80.4 Å². The maximum absolute atomic E-state index is 13.4. The van der Waals surface area contributed by atoms with Gasteiger partial charge < -0.3 is 25.7 Å². The fourth-order valence-corrected chi connectivity index (χ4v) is 11.5. The molecule has 25 heteroatoms.